The molecule has 0 saturated carbocycles. The van der Waals surface area contributed by atoms with E-state index in [2.05, 4.69) is 15.8 Å². The van der Waals surface area contributed by atoms with E-state index in [9.17, 15) is 14.9 Å². The number of nitrogens with one attached hydrogen (secondary N) is 2. The second-order valence-corrected chi connectivity index (χ2v) is 4.76. The number of allylic oxidation sites excluding steroid dienone is 4. The van der Waals surface area contributed by atoms with Crippen LogP contribution < -0.4 is 10.9 Å². The Hall–Kier alpha value is -3.48. The molecular formula is C16H12N4O3. The number of rotatable bonds is 4. The van der Waals surface area contributed by atoms with Crippen molar-refractivity contribution in [3.63, 3.8) is 0 Å². The van der Waals surface area contributed by atoms with Crippen LogP contribution in [0.5, 0.6) is 0 Å². The summed E-state index contributed by atoms with van der Waals surface area (Å²) < 4.78 is 0. The molecule has 0 unspecified atom stereocenters. The van der Waals surface area contributed by atoms with E-state index in [4.69, 9.17) is 0 Å². The maximum Gasteiger partial charge on any atom is 0.316 e. The van der Waals surface area contributed by atoms with Gasteiger partial charge in [-0.1, -0.05) is 24.3 Å². The van der Waals surface area contributed by atoms with Crippen LogP contribution in [0.15, 0.2) is 72.1 Å². The lowest BCUT2D eigenvalue weighted by Crippen LogP contribution is -2.20. The summed E-state index contributed by atoms with van der Waals surface area (Å²) in [5, 5.41) is 11.8. The summed E-state index contributed by atoms with van der Waals surface area (Å²) in [5.74, 6) is -0.0731. The molecule has 114 valence electrons. The number of nitro groups is 1. The van der Waals surface area contributed by atoms with Crippen LogP contribution in [-0.2, 0) is 4.79 Å². The van der Waals surface area contributed by atoms with Gasteiger partial charge in [0.05, 0.1) is 10.4 Å². The van der Waals surface area contributed by atoms with E-state index < -0.39 is 16.4 Å². The number of para-hydroxylation sites is 1. The van der Waals surface area contributed by atoms with Crippen LogP contribution in [0.3, 0.4) is 0 Å². The van der Waals surface area contributed by atoms with Crippen molar-refractivity contribution in [3.8, 4) is 0 Å². The van der Waals surface area contributed by atoms with Crippen LogP contribution in [0.4, 0.5) is 5.82 Å². The molecule has 0 atom stereocenters. The maximum absolute atomic E-state index is 11.9. The quantitative estimate of drug-likeness (QED) is 0.511. The molecule has 0 fully saturated rings. The van der Waals surface area contributed by atoms with Gasteiger partial charge in [-0.3, -0.25) is 20.3 Å². The fraction of sp³-hybridized carbons (Fsp3) is 0. The number of anilines is 1. The van der Waals surface area contributed by atoms with Crippen molar-refractivity contribution in [2.45, 2.75) is 0 Å². The SMILES string of the molecule is O=C1C([N+](=O)[O-])=CC=C/C1=C/NNc1ccc2ccccc2n1. The first-order chi connectivity index (χ1) is 11.1. The average Bonchev–Trinajstić information content (AvgIpc) is 2.56. The number of hydrazine groups is 1. The molecule has 2 aromatic rings. The van der Waals surface area contributed by atoms with E-state index >= 15 is 0 Å². The third kappa shape index (κ3) is 3.08. The number of fused-ring (bicyclic) bond motifs is 1. The first-order valence-electron chi connectivity index (χ1n) is 6.80. The second-order valence-electron chi connectivity index (χ2n) is 4.76. The van der Waals surface area contributed by atoms with Gasteiger partial charge in [0.2, 0.25) is 0 Å². The third-order valence-electron chi connectivity index (χ3n) is 3.25. The van der Waals surface area contributed by atoms with Gasteiger partial charge in [0.25, 0.3) is 5.78 Å². The molecule has 2 N–H and O–H groups in total. The highest BCUT2D eigenvalue weighted by atomic mass is 16.6. The van der Waals surface area contributed by atoms with Crippen LogP contribution in [-0.4, -0.2) is 15.7 Å². The first kappa shape index (κ1) is 14.5. The van der Waals surface area contributed by atoms with Gasteiger partial charge in [0.15, 0.2) is 0 Å². The number of nitrogens with zero attached hydrogens (tertiary/aromatic N) is 2. The Labute approximate surface area is 131 Å². The van der Waals surface area contributed by atoms with E-state index in [-0.39, 0.29) is 5.57 Å². The number of benzene rings is 1. The minimum absolute atomic E-state index is 0.187. The predicted octanol–water partition coefficient (Wildman–Crippen LogP) is 2.33. The van der Waals surface area contributed by atoms with Crippen LogP contribution in [0.25, 0.3) is 10.9 Å². The number of hydrogen-bond acceptors (Lipinski definition) is 6. The number of aromatic nitrogens is 1. The minimum atomic E-state index is -0.696. The van der Waals surface area contributed by atoms with Crippen molar-refractivity contribution in [3.05, 3.63) is 82.2 Å². The van der Waals surface area contributed by atoms with E-state index in [1.165, 1.54) is 24.4 Å². The molecule has 0 amide bonds. The molecule has 7 heteroatoms. The van der Waals surface area contributed by atoms with Gasteiger partial charge in [0.1, 0.15) is 5.82 Å². The van der Waals surface area contributed by atoms with Crippen molar-refractivity contribution in [1.29, 1.82) is 0 Å². The highest BCUT2D eigenvalue weighted by Gasteiger charge is 2.25. The molecule has 1 aromatic carbocycles. The zero-order valence-corrected chi connectivity index (χ0v) is 11.9. The summed E-state index contributed by atoms with van der Waals surface area (Å²) in [4.78, 5) is 26.3. The molecule has 1 heterocycles. The van der Waals surface area contributed by atoms with Crippen molar-refractivity contribution < 1.29 is 9.72 Å². The molecule has 1 aliphatic carbocycles. The molecule has 7 nitrogen and oxygen atoms in total. The molecular weight excluding hydrogens is 296 g/mol. The number of carbonyl (C=O) groups excluding carboxylic acids is 1. The lowest BCUT2D eigenvalue weighted by Gasteiger charge is -2.08. The summed E-state index contributed by atoms with van der Waals surface area (Å²) in [6.45, 7) is 0. The van der Waals surface area contributed by atoms with Gasteiger partial charge < -0.3 is 5.43 Å². The lowest BCUT2D eigenvalue weighted by atomic mass is 10.1. The lowest BCUT2D eigenvalue weighted by molar-refractivity contribution is -0.418. The van der Waals surface area contributed by atoms with Crippen molar-refractivity contribution >= 4 is 22.5 Å². The molecule has 23 heavy (non-hydrogen) atoms. The number of pyridine rings is 1. The summed E-state index contributed by atoms with van der Waals surface area (Å²) >= 11 is 0. The first-order valence-corrected chi connectivity index (χ1v) is 6.80. The largest absolute Gasteiger partial charge is 0.316 e. The predicted molar refractivity (Wildman–Crippen MR) is 85.8 cm³/mol. The smallest absolute Gasteiger partial charge is 0.306 e. The molecule has 0 bridgehead atoms. The van der Waals surface area contributed by atoms with Gasteiger partial charge in [-0.05, 0) is 24.3 Å². The Morgan fingerprint density at radius 2 is 2.00 bits per heavy atom. The van der Waals surface area contributed by atoms with Gasteiger partial charge >= 0.3 is 5.70 Å². The van der Waals surface area contributed by atoms with E-state index in [1.807, 2.05) is 30.3 Å². The molecule has 0 aliphatic heterocycles. The Bertz CT molecular complexity index is 884. The molecule has 0 spiro atoms. The summed E-state index contributed by atoms with van der Waals surface area (Å²) in [6.07, 6.45) is 5.50. The van der Waals surface area contributed by atoms with Crippen LogP contribution in [0.1, 0.15) is 0 Å². The van der Waals surface area contributed by atoms with E-state index in [1.54, 1.807) is 6.07 Å². The van der Waals surface area contributed by atoms with Gasteiger partial charge in [-0.25, -0.2) is 4.98 Å². The molecule has 3 rings (SSSR count). The Morgan fingerprint density at radius 3 is 2.83 bits per heavy atom. The van der Waals surface area contributed by atoms with Gasteiger partial charge in [-0.15, -0.1) is 0 Å². The Morgan fingerprint density at radius 1 is 1.17 bits per heavy atom. The monoisotopic (exact) mass is 308 g/mol. The fourth-order valence-electron chi connectivity index (χ4n) is 2.12. The second kappa shape index (κ2) is 6.10. The van der Waals surface area contributed by atoms with Crippen LogP contribution >= 0.6 is 0 Å². The number of carbonyl (C=O) groups is 1. The molecule has 0 saturated heterocycles. The Balaban J connectivity index is 1.71. The topological polar surface area (TPSA) is 97.2 Å². The van der Waals surface area contributed by atoms with Crippen molar-refractivity contribution in [1.82, 2.24) is 10.4 Å². The minimum Gasteiger partial charge on any atom is -0.306 e. The standard InChI is InChI=1S/C16H12N4O3/c21-16-12(5-3-7-14(16)20(22)23)10-17-19-15-9-8-11-4-1-2-6-13(11)18-15/h1-10,17H,(H,18,19)/b12-10-. The number of Topliss-reactive ketones (excluding diaryl/α,β-unsaturated/α-hetero) is 1. The van der Waals surface area contributed by atoms with Crippen LogP contribution in [0, 0.1) is 10.1 Å². The van der Waals surface area contributed by atoms with E-state index in [0.717, 1.165) is 10.9 Å². The number of hydrogen-bond donors (Lipinski definition) is 2. The normalized spacial score (nSPS) is 15.6. The Kier molecular flexibility index (Phi) is 3.84. The highest BCUT2D eigenvalue weighted by molar-refractivity contribution is 6.09. The summed E-state index contributed by atoms with van der Waals surface area (Å²) in [6, 6.07) is 11.4. The third-order valence-corrected chi connectivity index (χ3v) is 3.25. The van der Waals surface area contributed by atoms with Gasteiger partial charge in [0, 0.05) is 23.2 Å². The number of ketones is 1. The maximum atomic E-state index is 11.9. The fourth-order valence-corrected chi connectivity index (χ4v) is 2.12. The summed E-state index contributed by atoms with van der Waals surface area (Å²) in [7, 11) is 0. The van der Waals surface area contributed by atoms with Crippen molar-refractivity contribution in [2.75, 3.05) is 5.43 Å². The highest BCUT2D eigenvalue weighted by Crippen LogP contribution is 2.15. The molecule has 0 radical (unpaired) electrons. The molecule has 1 aromatic heterocycles. The van der Waals surface area contributed by atoms with Crippen molar-refractivity contribution in [2.24, 2.45) is 0 Å². The van der Waals surface area contributed by atoms with E-state index in [0.29, 0.717) is 5.82 Å². The average molecular weight is 308 g/mol. The molecule has 1 aliphatic rings. The van der Waals surface area contributed by atoms with Crippen LogP contribution in [0.2, 0.25) is 0 Å². The zero-order chi connectivity index (χ0) is 16.2. The van der Waals surface area contributed by atoms with Gasteiger partial charge in [-0.2, -0.15) is 0 Å². The summed E-state index contributed by atoms with van der Waals surface area (Å²) in [5.41, 5.74) is 6.13. The zero-order valence-electron chi connectivity index (χ0n) is 11.9.